The fourth-order valence-electron chi connectivity index (χ4n) is 3.79. The Balaban J connectivity index is 1.31. The van der Waals surface area contributed by atoms with Crippen LogP contribution in [0, 0.1) is 20.8 Å². The van der Waals surface area contributed by atoms with Gasteiger partial charge in [-0.2, -0.15) is 9.61 Å². The van der Waals surface area contributed by atoms with Gasteiger partial charge in [0, 0.05) is 44.0 Å². The second-order valence-corrected chi connectivity index (χ2v) is 8.46. The molecule has 0 radical (unpaired) electrons. The van der Waals surface area contributed by atoms with Gasteiger partial charge in [0.1, 0.15) is 11.5 Å². The van der Waals surface area contributed by atoms with E-state index in [0.717, 1.165) is 70.4 Å². The second kappa shape index (κ2) is 7.07. The average Bonchev–Trinajstić information content (AvgIpc) is 3.33. The highest BCUT2D eigenvalue weighted by molar-refractivity contribution is 7.15. The molecule has 9 heteroatoms. The first-order valence-corrected chi connectivity index (χ1v) is 10.5. The summed E-state index contributed by atoms with van der Waals surface area (Å²) in [6.07, 6.45) is 1.80. The molecule has 0 bridgehead atoms. The smallest absolute Gasteiger partial charge is 0.157 e. The molecule has 4 aromatic rings. The van der Waals surface area contributed by atoms with E-state index < -0.39 is 0 Å². The fraction of sp³-hybridized carbons (Fsp3) is 0.350. The minimum absolute atomic E-state index is 0.886. The lowest BCUT2D eigenvalue weighted by Gasteiger charge is -2.36. The molecule has 0 atom stereocenters. The van der Waals surface area contributed by atoms with Crippen LogP contribution in [0.5, 0.6) is 0 Å². The maximum atomic E-state index is 4.54. The number of rotatable bonds is 3. The van der Waals surface area contributed by atoms with E-state index in [1.807, 2.05) is 37.4 Å². The van der Waals surface area contributed by atoms with Crippen molar-refractivity contribution in [2.75, 3.05) is 36.0 Å². The van der Waals surface area contributed by atoms with Crippen LogP contribution < -0.4 is 9.80 Å². The van der Waals surface area contributed by atoms with E-state index in [2.05, 4.69) is 47.2 Å². The van der Waals surface area contributed by atoms with Gasteiger partial charge in [-0.15, -0.1) is 21.5 Å². The normalized spacial score (nSPS) is 14.7. The van der Waals surface area contributed by atoms with E-state index in [9.17, 15) is 0 Å². The van der Waals surface area contributed by atoms with Crippen molar-refractivity contribution < 1.29 is 0 Å². The Morgan fingerprint density at radius 3 is 2.38 bits per heavy atom. The SMILES string of the molecule is Cc1cc(N2CCN(c3ccc(-c4sc(C)nc4C)nn3)CC2)n2nccc2n1. The van der Waals surface area contributed by atoms with Crippen LogP contribution in [-0.4, -0.2) is 56.0 Å². The lowest BCUT2D eigenvalue weighted by molar-refractivity contribution is 0.630. The van der Waals surface area contributed by atoms with E-state index in [4.69, 9.17) is 0 Å². The summed E-state index contributed by atoms with van der Waals surface area (Å²) >= 11 is 1.66. The maximum absolute atomic E-state index is 4.54. The molecule has 0 aromatic carbocycles. The van der Waals surface area contributed by atoms with Gasteiger partial charge in [-0.25, -0.2) is 9.97 Å². The molecular weight excluding hydrogens is 384 g/mol. The summed E-state index contributed by atoms with van der Waals surface area (Å²) in [4.78, 5) is 14.8. The summed E-state index contributed by atoms with van der Waals surface area (Å²) in [6.45, 7) is 9.63. The van der Waals surface area contributed by atoms with Gasteiger partial charge in [0.15, 0.2) is 11.5 Å². The van der Waals surface area contributed by atoms with Crippen molar-refractivity contribution in [1.82, 2.24) is 29.8 Å². The number of anilines is 2. The summed E-state index contributed by atoms with van der Waals surface area (Å²) in [6, 6.07) is 8.16. The van der Waals surface area contributed by atoms with Gasteiger partial charge in [-0.05, 0) is 32.9 Å². The highest BCUT2D eigenvalue weighted by atomic mass is 32.1. The summed E-state index contributed by atoms with van der Waals surface area (Å²) in [5, 5.41) is 14.4. The molecule has 0 amide bonds. The lowest BCUT2D eigenvalue weighted by atomic mass is 10.2. The zero-order chi connectivity index (χ0) is 20.0. The second-order valence-electron chi connectivity index (χ2n) is 7.26. The zero-order valence-electron chi connectivity index (χ0n) is 16.7. The predicted octanol–water partition coefficient (Wildman–Crippen LogP) is 2.89. The Bertz CT molecular complexity index is 1160. The lowest BCUT2D eigenvalue weighted by Crippen LogP contribution is -2.47. The number of fused-ring (bicyclic) bond motifs is 1. The van der Waals surface area contributed by atoms with Crippen molar-refractivity contribution in [3.05, 3.63) is 46.9 Å². The highest BCUT2D eigenvalue weighted by Crippen LogP contribution is 2.28. The van der Waals surface area contributed by atoms with Crippen LogP contribution in [-0.2, 0) is 0 Å². The summed E-state index contributed by atoms with van der Waals surface area (Å²) < 4.78 is 1.91. The number of hydrogen-bond acceptors (Lipinski definition) is 8. The third kappa shape index (κ3) is 3.31. The third-order valence-electron chi connectivity index (χ3n) is 5.18. The fourth-order valence-corrected chi connectivity index (χ4v) is 4.68. The van der Waals surface area contributed by atoms with Crippen LogP contribution in [0.25, 0.3) is 16.2 Å². The zero-order valence-corrected chi connectivity index (χ0v) is 17.5. The van der Waals surface area contributed by atoms with Crippen LogP contribution in [0.3, 0.4) is 0 Å². The number of aryl methyl sites for hydroxylation is 3. The molecule has 0 spiro atoms. The summed E-state index contributed by atoms with van der Waals surface area (Å²) in [5.74, 6) is 2.01. The van der Waals surface area contributed by atoms with Gasteiger partial charge < -0.3 is 9.80 Å². The maximum Gasteiger partial charge on any atom is 0.157 e. The predicted molar refractivity (Wildman–Crippen MR) is 115 cm³/mol. The van der Waals surface area contributed by atoms with Gasteiger partial charge in [0.25, 0.3) is 0 Å². The van der Waals surface area contributed by atoms with Crippen LogP contribution in [0.4, 0.5) is 11.6 Å². The monoisotopic (exact) mass is 406 g/mol. The quantitative estimate of drug-likeness (QED) is 0.518. The van der Waals surface area contributed by atoms with Crippen molar-refractivity contribution in [3.8, 4) is 10.6 Å². The molecule has 1 saturated heterocycles. The van der Waals surface area contributed by atoms with Crippen LogP contribution in [0.2, 0.25) is 0 Å². The number of nitrogens with zero attached hydrogens (tertiary/aromatic N) is 8. The largest absolute Gasteiger partial charge is 0.353 e. The molecular formula is C20H22N8S. The number of aromatic nitrogens is 6. The first-order valence-electron chi connectivity index (χ1n) is 9.68. The molecule has 1 fully saturated rings. The molecule has 8 nitrogen and oxygen atoms in total. The molecule has 0 N–H and O–H groups in total. The summed E-state index contributed by atoms with van der Waals surface area (Å²) in [5.41, 5.74) is 3.80. The van der Waals surface area contributed by atoms with Crippen LogP contribution in [0.1, 0.15) is 16.4 Å². The Kier molecular flexibility index (Phi) is 4.39. The molecule has 5 heterocycles. The molecule has 29 heavy (non-hydrogen) atoms. The summed E-state index contributed by atoms with van der Waals surface area (Å²) in [7, 11) is 0. The Hall–Kier alpha value is -3.07. The van der Waals surface area contributed by atoms with Crippen LogP contribution in [0.15, 0.2) is 30.5 Å². The van der Waals surface area contributed by atoms with E-state index in [1.54, 1.807) is 17.5 Å². The minimum atomic E-state index is 0.886. The van der Waals surface area contributed by atoms with Crippen LogP contribution >= 0.6 is 11.3 Å². The van der Waals surface area contributed by atoms with Crippen molar-refractivity contribution in [2.24, 2.45) is 0 Å². The number of hydrogen-bond donors (Lipinski definition) is 0. The number of piperazine rings is 1. The molecule has 5 rings (SSSR count). The van der Waals surface area contributed by atoms with Gasteiger partial charge in [0.05, 0.1) is 21.8 Å². The molecule has 148 valence electrons. The van der Waals surface area contributed by atoms with E-state index in [1.165, 1.54) is 0 Å². The van der Waals surface area contributed by atoms with Crippen molar-refractivity contribution in [2.45, 2.75) is 20.8 Å². The molecule has 0 unspecified atom stereocenters. The van der Waals surface area contributed by atoms with E-state index >= 15 is 0 Å². The van der Waals surface area contributed by atoms with Gasteiger partial charge in [-0.3, -0.25) is 0 Å². The first kappa shape index (κ1) is 18.0. The molecule has 1 aliphatic heterocycles. The topological polar surface area (TPSA) is 75.3 Å². The molecule has 0 saturated carbocycles. The van der Waals surface area contributed by atoms with Gasteiger partial charge in [-0.1, -0.05) is 0 Å². The van der Waals surface area contributed by atoms with Crippen molar-refractivity contribution in [1.29, 1.82) is 0 Å². The van der Waals surface area contributed by atoms with Crippen molar-refractivity contribution >= 4 is 28.6 Å². The highest BCUT2D eigenvalue weighted by Gasteiger charge is 2.21. The third-order valence-corrected chi connectivity index (χ3v) is 6.28. The first-order chi connectivity index (χ1) is 14.1. The molecule has 4 aromatic heterocycles. The number of thiazole rings is 1. The Morgan fingerprint density at radius 2 is 1.69 bits per heavy atom. The van der Waals surface area contributed by atoms with Gasteiger partial charge in [0.2, 0.25) is 0 Å². The van der Waals surface area contributed by atoms with E-state index in [0.29, 0.717) is 0 Å². The van der Waals surface area contributed by atoms with E-state index in [-0.39, 0.29) is 0 Å². The average molecular weight is 407 g/mol. The van der Waals surface area contributed by atoms with Gasteiger partial charge >= 0.3 is 0 Å². The Morgan fingerprint density at radius 1 is 0.897 bits per heavy atom. The molecule has 0 aliphatic carbocycles. The minimum Gasteiger partial charge on any atom is -0.353 e. The standard InChI is InChI=1S/C20H22N8S/c1-13-12-19(28-17(22-13)6-7-21-28)27-10-8-26(9-11-27)18-5-4-16(24-25-18)20-14(2)23-15(3)29-20/h4-7,12H,8-11H2,1-3H3. The Labute approximate surface area is 172 Å². The van der Waals surface area contributed by atoms with Crippen molar-refractivity contribution in [3.63, 3.8) is 0 Å². The molecule has 1 aliphatic rings.